The zero-order valence-corrected chi connectivity index (χ0v) is 30.5. The molecule has 5 nitrogen and oxygen atoms in total. The molecule has 0 aromatic heterocycles. The molecule has 4 aromatic rings. The quantitative estimate of drug-likeness (QED) is 0.136. The molecule has 2 heterocycles. The van der Waals surface area contributed by atoms with E-state index < -0.39 is 15.9 Å². The monoisotopic (exact) mass is 690 g/mol. The molecule has 0 atom stereocenters. The van der Waals surface area contributed by atoms with Crippen molar-refractivity contribution in [3.63, 3.8) is 0 Å². The first-order chi connectivity index (χ1) is 23.3. The molecule has 0 saturated heterocycles. The number of halogens is 1. The van der Waals surface area contributed by atoms with Gasteiger partial charge < -0.3 is 9.45 Å². The van der Waals surface area contributed by atoms with Gasteiger partial charge in [-0.15, -0.1) is 0 Å². The Morgan fingerprint density at radius 3 is 2.16 bits per heavy atom. The second-order valence-electron chi connectivity index (χ2n) is 14.4. The lowest BCUT2D eigenvalue weighted by Crippen LogP contribution is -2.28. The van der Waals surface area contributed by atoms with E-state index in [1.165, 1.54) is 38.7 Å². The van der Waals surface area contributed by atoms with Crippen molar-refractivity contribution in [2.45, 2.75) is 64.7 Å². The maximum Gasteiger partial charge on any atom is 0.210 e. The van der Waals surface area contributed by atoms with Crippen LogP contribution in [0.3, 0.4) is 0 Å². The Morgan fingerprint density at radius 1 is 0.837 bits per heavy atom. The van der Waals surface area contributed by atoms with Gasteiger partial charge in [0.05, 0.1) is 15.5 Å². The van der Waals surface area contributed by atoms with Crippen LogP contribution in [-0.2, 0) is 20.9 Å². The molecular formula is C42H43ClN2O3S. The van der Waals surface area contributed by atoms with Crippen molar-refractivity contribution < 1.29 is 17.5 Å². The van der Waals surface area contributed by atoms with Gasteiger partial charge in [0.15, 0.2) is 5.71 Å². The molecule has 0 bridgehead atoms. The van der Waals surface area contributed by atoms with Gasteiger partial charge in [0.25, 0.3) is 0 Å². The van der Waals surface area contributed by atoms with Gasteiger partial charge in [0.1, 0.15) is 6.54 Å². The molecular weight excluding hydrogens is 648 g/mol. The number of hydrogen-bond donors (Lipinski definition) is 0. The highest BCUT2D eigenvalue weighted by molar-refractivity contribution is 7.85. The highest BCUT2D eigenvalue weighted by Crippen LogP contribution is 2.51. The summed E-state index contributed by atoms with van der Waals surface area (Å²) in [5, 5.41) is 5.69. The van der Waals surface area contributed by atoms with E-state index in [0.717, 1.165) is 52.4 Å². The second-order valence-corrected chi connectivity index (χ2v) is 16.3. The smallest absolute Gasteiger partial charge is 0.210 e. The Balaban J connectivity index is 1.23. The number of anilines is 1. The summed E-state index contributed by atoms with van der Waals surface area (Å²) in [6.45, 7) is 12.6. The second kappa shape index (κ2) is 12.4. The minimum Gasteiger partial charge on any atom is -0.748 e. The molecule has 3 aliphatic rings. The highest BCUT2D eigenvalue weighted by atomic mass is 35.5. The molecule has 2 aliphatic heterocycles. The van der Waals surface area contributed by atoms with E-state index in [1.807, 2.05) is 6.07 Å². The Morgan fingerprint density at radius 2 is 1.49 bits per heavy atom. The number of rotatable bonds is 8. The molecule has 0 amide bonds. The van der Waals surface area contributed by atoms with Crippen LogP contribution >= 0.6 is 11.6 Å². The zero-order valence-electron chi connectivity index (χ0n) is 28.9. The minimum absolute atomic E-state index is 0.167. The summed E-state index contributed by atoms with van der Waals surface area (Å²) >= 11 is 7.13. The fourth-order valence-electron chi connectivity index (χ4n) is 8.42. The lowest BCUT2D eigenvalue weighted by Gasteiger charge is -2.26. The van der Waals surface area contributed by atoms with Gasteiger partial charge in [-0.25, -0.2) is 8.42 Å². The van der Waals surface area contributed by atoms with Crippen LogP contribution in [0.2, 0.25) is 0 Å². The number of benzene rings is 4. The van der Waals surface area contributed by atoms with E-state index in [1.54, 1.807) is 0 Å². The molecule has 4 aromatic carbocycles. The normalized spacial score (nSPS) is 20.2. The first-order valence-electron chi connectivity index (χ1n) is 17.2. The van der Waals surface area contributed by atoms with Crippen molar-refractivity contribution in [3.8, 4) is 0 Å². The Labute approximate surface area is 295 Å². The molecule has 0 radical (unpaired) electrons. The van der Waals surface area contributed by atoms with Gasteiger partial charge in [-0.2, -0.15) is 4.58 Å². The molecule has 0 spiro atoms. The molecule has 7 rings (SSSR count). The van der Waals surface area contributed by atoms with E-state index in [2.05, 4.69) is 135 Å². The van der Waals surface area contributed by atoms with Gasteiger partial charge in [-0.3, -0.25) is 0 Å². The van der Waals surface area contributed by atoms with E-state index in [4.69, 9.17) is 11.6 Å². The van der Waals surface area contributed by atoms with Crippen LogP contribution in [0.25, 0.3) is 21.5 Å². The molecule has 49 heavy (non-hydrogen) atoms. The van der Waals surface area contributed by atoms with E-state index in [9.17, 15) is 13.0 Å². The summed E-state index contributed by atoms with van der Waals surface area (Å²) in [5.41, 5.74) is 8.94. The molecule has 0 N–H and O–H groups in total. The highest BCUT2D eigenvalue weighted by Gasteiger charge is 2.45. The van der Waals surface area contributed by atoms with Gasteiger partial charge in [-0.1, -0.05) is 92.2 Å². The van der Waals surface area contributed by atoms with Crippen LogP contribution in [0.5, 0.6) is 0 Å². The van der Waals surface area contributed by atoms with Gasteiger partial charge >= 0.3 is 0 Å². The molecule has 0 fully saturated rings. The van der Waals surface area contributed by atoms with Crippen LogP contribution in [0.1, 0.15) is 65.0 Å². The maximum absolute atomic E-state index is 11.5. The molecule has 252 valence electrons. The van der Waals surface area contributed by atoms with Crippen LogP contribution in [0.4, 0.5) is 11.4 Å². The lowest BCUT2D eigenvalue weighted by molar-refractivity contribution is -0.437. The van der Waals surface area contributed by atoms with Crippen LogP contribution in [0, 0.1) is 0 Å². The van der Waals surface area contributed by atoms with Crippen molar-refractivity contribution in [1.29, 1.82) is 0 Å². The van der Waals surface area contributed by atoms with Gasteiger partial charge in [0.2, 0.25) is 5.69 Å². The van der Waals surface area contributed by atoms with Crippen LogP contribution in [0.15, 0.2) is 119 Å². The summed E-state index contributed by atoms with van der Waals surface area (Å²) in [6.07, 6.45) is 10.7. The SMILES string of the molecule is CCN1/C(=C/C=C2\CCC(/C=C/C3=[N+](CCCS(=O)(=O)[O-])c4ccc5ccccc5c4C3(C)C)=C2Cl)C(C)(C)c2c1ccc1ccccc21. The molecule has 0 saturated carbocycles. The predicted octanol–water partition coefficient (Wildman–Crippen LogP) is 9.78. The minimum atomic E-state index is -4.31. The van der Waals surface area contributed by atoms with E-state index >= 15 is 0 Å². The average molecular weight is 691 g/mol. The first kappa shape index (κ1) is 33.5. The number of allylic oxidation sites excluding steroid dienone is 8. The molecule has 7 heteroatoms. The van der Waals surface area contributed by atoms with E-state index in [0.29, 0.717) is 6.54 Å². The van der Waals surface area contributed by atoms with E-state index in [-0.39, 0.29) is 17.3 Å². The summed E-state index contributed by atoms with van der Waals surface area (Å²) < 4.78 is 36.7. The summed E-state index contributed by atoms with van der Waals surface area (Å²) in [6, 6.07) is 25.7. The Bertz CT molecular complexity index is 2290. The fourth-order valence-corrected chi connectivity index (χ4v) is 9.22. The van der Waals surface area contributed by atoms with Gasteiger partial charge in [-0.05, 0) is 90.1 Å². The lowest BCUT2D eigenvalue weighted by atomic mass is 9.79. The van der Waals surface area contributed by atoms with Crippen LogP contribution in [-0.4, -0.2) is 42.1 Å². The Kier molecular flexibility index (Phi) is 8.49. The third-order valence-corrected chi connectivity index (χ3v) is 12.0. The molecule has 1 aliphatic carbocycles. The number of fused-ring (bicyclic) bond motifs is 6. The third kappa shape index (κ3) is 5.78. The maximum atomic E-state index is 11.5. The third-order valence-electron chi connectivity index (χ3n) is 10.7. The standard InChI is InChI=1S/C42H43ClN2O3S/c1-6-44-34-22-18-28-12-7-9-14-32(28)38(34)41(2,3)36(44)24-20-30-16-17-31(40(30)43)21-25-37-42(4,5)39-33-15-10-8-13-29(33)19-23-35(39)45(37)26-11-27-49(46,47)48/h7-10,12-15,18-25H,6,11,16-17,26-27H2,1-5H3. The zero-order chi connectivity index (χ0) is 34.7. The largest absolute Gasteiger partial charge is 0.748 e. The predicted molar refractivity (Wildman–Crippen MR) is 203 cm³/mol. The molecule has 0 unspecified atom stereocenters. The fraction of sp³-hybridized carbons (Fsp3) is 0.310. The number of likely N-dealkylation sites (N-methyl/N-ethyl adjacent to an activating group) is 1. The summed E-state index contributed by atoms with van der Waals surface area (Å²) in [7, 11) is -4.31. The van der Waals surface area contributed by atoms with Crippen molar-refractivity contribution in [3.05, 3.63) is 130 Å². The summed E-state index contributed by atoms with van der Waals surface area (Å²) in [5.74, 6) is -0.391. The van der Waals surface area contributed by atoms with Crippen molar-refractivity contribution in [1.82, 2.24) is 0 Å². The van der Waals surface area contributed by atoms with Crippen LogP contribution < -0.4 is 4.90 Å². The van der Waals surface area contributed by atoms with Crippen molar-refractivity contribution in [2.75, 3.05) is 23.7 Å². The number of nitrogens with zero attached hydrogens (tertiary/aromatic N) is 2. The number of hydrogen-bond acceptors (Lipinski definition) is 4. The average Bonchev–Trinajstić information content (AvgIpc) is 3.61. The Hall–Kier alpha value is -3.97. The topological polar surface area (TPSA) is 63.5 Å². The van der Waals surface area contributed by atoms with Crippen molar-refractivity contribution in [2.24, 2.45) is 0 Å². The van der Waals surface area contributed by atoms with Gasteiger partial charge in [0, 0.05) is 58.3 Å². The first-order valence-corrected chi connectivity index (χ1v) is 19.2. The van der Waals surface area contributed by atoms with Crippen molar-refractivity contribution >= 4 is 60.4 Å². The summed E-state index contributed by atoms with van der Waals surface area (Å²) in [4.78, 5) is 2.43.